The highest BCUT2D eigenvalue weighted by Gasteiger charge is 2.27. The van der Waals surface area contributed by atoms with E-state index in [1.807, 2.05) is 30.3 Å². The van der Waals surface area contributed by atoms with Crippen LogP contribution in [0.25, 0.3) is 5.57 Å². The largest absolute Gasteiger partial charge is 0.510 e. The quantitative estimate of drug-likeness (QED) is 0.512. The molecule has 0 aliphatic carbocycles. The zero-order valence-corrected chi connectivity index (χ0v) is 12.6. The summed E-state index contributed by atoms with van der Waals surface area (Å²) in [5.41, 5.74) is 1.70. The van der Waals surface area contributed by atoms with Crippen molar-refractivity contribution in [1.82, 2.24) is 5.01 Å². The molecular formula is C17H14N4O3. The second-order valence-corrected chi connectivity index (χ2v) is 5.19. The van der Waals surface area contributed by atoms with Crippen LogP contribution in [0, 0.1) is 15.5 Å². The number of hydrogen-bond donors (Lipinski definition) is 2. The summed E-state index contributed by atoms with van der Waals surface area (Å²) < 4.78 is 0. The number of aliphatic hydroxyl groups excluding tert-OH is 1. The van der Waals surface area contributed by atoms with Crippen LogP contribution in [0.5, 0.6) is 0 Å². The minimum atomic E-state index is -0.476. The van der Waals surface area contributed by atoms with Gasteiger partial charge in [0.05, 0.1) is 16.7 Å². The third-order valence-electron chi connectivity index (χ3n) is 3.57. The lowest BCUT2D eigenvalue weighted by molar-refractivity contribution is -0.384. The smallest absolute Gasteiger partial charge is 0.270 e. The average molecular weight is 322 g/mol. The van der Waals surface area contributed by atoms with Crippen LogP contribution >= 0.6 is 0 Å². The van der Waals surface area contributed by atoms with Gasteiger partial charge in [0.15, 0.2) is 5.84 Å². The van der Waals surface area contributed by atoms with Gasteiger partial charge in [-0.15, -0.1) is 0 Å². The molecule has 0 unspecified atom stereocenters. The topological polar surface area (TPSA) is 103 Å². The normalized spacial score (nSPS) is 14.7. The molecule has 0 spiro atoms. The van der Waals surface area contributed by atoms with Crippen molar-refractivity contribution in [3.8, 4) is 0 Å². The Bertz CT molecular complexity index is 859. The number of nitrogens with one attached hydrogen (secondary N) is 1. The van der Waals surface area contributed by atoms with Gasteiger partial charge in [-0.2, -0.15) is 5.10 Å². The Labute approximate surface area is 137 Å². The van der Waals surface area contributed by atoms with Gasteiger partial charge in [0.25, 0.3) is 5.69 Å². The summed E-state index contributed by atoms with van der Waals surface area (Å²) >= 11 is 0. The monoisotopic (exact) mass is 322 g/mol. The number of nitrogens with zero attached hydrogens (tertiary/aromatic N) is 3. The molecule has 24 heavy (non-hydrogen) atoms. The standard InChI is InChI=1S/C17H14N4O3/c18-17-16(13-6-2-1-3-7-13)15(22)11-20(17)19-10-12-5-4-8-14(9-12)21(23)24/h1-10,18,22H,11H2/b18-17?,19-10+. The van der Waals surface area contributed by atoms with E-state index in [0.717, 1.165) is 5.56 Å². The second-order valence-electron chi connectivity index (χ2n) is 5.19. The van der Waals surface area contributed by atoms with E-state index in [0.29, 0.717) is 11.1 Å². The lowest BCUT2D eigenvalue weighted by atomic mass is 10.1. The van der Waals surface area contributed by atoms with Crippen molar-refractivity contribution < 1.29 is 10.0 Å². The molecule has 2 aromatic rings. The van der Waals surface area contributed by atoms with Crippen LogP contribution in [0.2, 0.25) is 0 Å². The third kappa shape index (κ3) is 3.00. The summed E-state index contributed by atoms with van der Waals surface area (Å²) in [6.07, 6.45) is 1.43. The fourth-order valence-corrected chi connectivity index (χ4v) is 2.43. The molecule has 0 aromatic heterocycles. The summed E-state index contributed by atoms with van der Waals surface area (Å²) in [5.74, 6) is 0.155. The number of nitro benzene ring substituents is 1. The lowest BCUT2D eigenvalue weighted by Crippen LogP contribution is -2.20. The van der Waals surface area contributed by atoms with Gasteiger partial charge in [0.1, 0.15) is 12.3 Å². The van der Waals surface area contributed by atoms with Gasteiger partial charge in [0, 0.05) is 17.7 Å². The zero-order chi connectivity index (χ0) is 17.1. The fraction of sp³-hybridized carbons (Fsp3) is 0.0588. The molecule has 0 radical (unpaired) electrons. The number of hydrogen-bond acceptors (Lipinski definition) is 5. The van der Waals surface area contributed by atoms with E-state index in [2.05, 4.69) is 5.10 Å². The van der Waals surface area contributed by atoms with Gasteiger partial charge in [0.2, 0.25) is 0 Å². The Morgan fingerprint density at radius 3 is 2.67 bits per heavy atom. The van der Waals surface area contributed by atoms with E-state index in [1.165, 1.54) is 23.4 Å². The number of benzene rings is 2. The van der Waals surface area contributed by atoms with Crippen LogP contribution in [0.3, 0.4) is 0 Å². The molecule has 2 aromatic carbocycles. The highest BCUT2D eigenvalue weighted by molar-refractivity contribution is 6.23. The molecule has 0 bridgehead atoms. The molecule has 120 valence electrons. The van der Waals surface area contributed by atoms with Crippen LogP contribution in [0.15, 0.2) is 65.5 Å². The SMILES string of the molecule is N=C1C(c2ccccc2)=C(O)CN1/N=C/c1cccc([N+](=O)[O-])c1. The Hall–Kier alpha value is -3.48. The number of non-ortho nitro benzene ring substituents is 1. The molecule has 7 heteroatoms. The van der Waals surface area contributed by atoms with Gasteiger partial charge in [-0.05, 0) is 5.56 Å². The Morgan fingerprint density at radius 1 is 1.21 bits per heavy atom. The minimum Gasteiger partial charge on any atom is -0.510 e. The molecule has 0 atom stereocenters. The first-order valence-electron chi connectivity index (χ1n) is 7.18. The summed E-state index contributed by atoms with van der Waals surface area (Å²) in [7, 11) is 0. The van der Waals surface area contributed by atoms with E-state index in [-0.39, 0.29) is 23.8 Å². The molecular weight excluding hydrogens is 308 g/mol. The van der Waals surface area contributed by atoms with Gasteiger partial charge in [-0.3, -0.25) is 15.5 Å². The van der Waals surface area contributed by atoms with Gasteiger partial charge in [-0.25, -0.2) is 5.01 Å². The van der Waals surface area contributed by atoms with Crippen LogP contribution in [0.1, 0.15) is 11.1 Å². The number of aliphatic hydroxyl groups is 1. The summed E-state index contributed by atoms with van der Waals surface area (Å²) in [6.45, 7) is 0.0918. The zero-order valence-electron chi connectivity index (χ0n) is 12.6. The van der Waals surface area contributed by atoms with Crippen molar-refractivity contribution in [2.45, 2.75) is 0 Å². The number of amidine groups is 1. The van der Waals surface area contributed by atoms with E-state index in [1.54, 1.807) is 12.1 Å². The average Bonchev–Trinajstić information content (AvgIpc) is 2.88. The van der Waals surface area contributed by atoms with E-state index in [9.17, 15) is 15.2 Å². The summed E-state index contributed by atoms with van der Waals surface area (Å²) in [4.78, 5) is 10.3. The van der Waals surface area contributed by atoms with Crippen LogP contribution in [-0.2, 0) is 0 Å². The van der Waals surface area contributed by atoms with Crippen molar-refractivity contribution in [3.05, 3.63) is 81.6 Å². The van der Waals surface area contributed by atoms with Crippen LogP contribution < -0.4 is 0 Å². The Kier molecular flexibility index (Phi) is 4.07. The maximum atomic E-state index is 10.8. The first kappa shape index (κ1) is 15.4. The second kappa shape index (κ2) is 6.33. The van der Waals surface area contributed by atoms with Crippen LogP contribution in [-0.4, -0.2) is 33.6 Å². The van der Waals surface area contributed by atoms with Gasteiger partial charge in [-0.1, -0.05) is 42.5 Å². The molecule has 0 fully saturated rings. The van der Waals surface area contributed by atoms with E-state index < -0.39 is 4.92 Å². The predicted octanol–water partition coefficient (Wildman–Crippen LogP) is 3.19. The van der Waals surface area contributed by atoms with Gasteiger partial charge >= 0.3 is 0 Å². The first-order valence-corrected chi connectivity index (χ1v) is 7.18. The van der Waals surface area contributed by atoms with Crippen LogP contribution in [0.4, 0.5) is 5.69 Å². The number of hydrazone groups is 1. The van der Waals surface area contributed by atoms with E-state index in [4.69, 9.17) is 5.41 Å². The van der Waals surface area contributed by atoms with Crippen molar-refractivity contribution >= 4 is 23.3 Å². The summed E-state index contributed by atoms with van der Waals surface area (Å²) in [6, 6.07) is 15.2. The molecule has 7 nitrogen and oxygen atoms in total. The number of rotatable bonds is 4. The molecule has 0 saturated carbocycles. The Balaban J connectivity index is 1.80. The maximum Gasteiger partial charge on any atom is 0.270 e. The van der Waals surface area contributed by atoms with Gasteiger partial charge < -0.3 is 5.11 Å². The molecule has 1 aliphatic heterocycles. The molecule has 1 aliphatic rings. The van der Waals surface area contributed by atoms with Crippen molar-refractivity contribution in [2.75, 3.05) is 6.54 Å². The molecule has 0 amide bonds. The van der Waals surface area contributed by atoms with Crippen molar-refractivity contribution in [3.63, 3.8) is 0 Å². The molecule has 2 N–H and O–H groups in total. The van der Waals surface area contributed by atoms with Crippen molar-refractivity contribution in [2.24, 2.45) is 5.10 Å². The Morgan fingerprint density at radius 2 is 1.96 bits per heavy atom. The molecule has 0 saturated heterocycles. The highest BCUT2D eigenvalue weighted by atomic mass is 16.6. The van der Waals surface area contributed by atoms with Crippen molar-refractivity contribution in [1.29, 1.82) is 5.41 Å². The maximum absolute atomic E-state index is 10.8. The highest BCUT2D eigenvalue weighted by Crippen LogP contribution is 2.27. The molecule has 1 heterocycles. The van der Waals surface area contributed by atoms with E-state index >= 15 is 0 Å². The minimum absolute atomic E-state index is 0.0265. The number of nitro groups is 1. The first-order chi connectivity index (χ1) is 11.6. The fourth-order valence-electron chi connectivity index (χ4n) is 2.43. The molecule has 3 rings (SSSR count). The third-order valence-corrected chi connectivity index (χ3v) is 3.57. The summed E-state index contributed by atoms with van der Waals surface area (Å²) in [5, 5.41) is 34.6. The predicted molar refractivity (Wildman–Crippen MR) is 91.1 cm³/mol. The lowest BCUT2D eigenvalue weighted by Gasteiger charge is -2.11.